The van der Waals surface area contributed by atoms with Gasteiger partial charge in [0.25, 0.3) is 0 Å². The first-order valence-electron chi connectivity index (χ1n) is 10.8. The number of amides is 3. The molecule has 1 aromatic rings. The van der Waals surface area contributed by atoms with Crippen molar-refractivity contribution in [1.29, 1.82) is 0 Å². The number of benzene rings is 1. The molecule has 30 heavy (non-hydrogen) atoms. The molecule has 0 radical (unpaired) electrons. The summed E-state index contributed by atoms with van der Waals surface area (Å²) in [6.07, 6.45) is 5.12. The number of fused-ring (bicyclic) bond motifs is 1. The van der Waals surface area contributed by atoms with Crippen LogP contribution in [0.2, 0.25) is 0 Å². The van der Waals surface area contributed by atoms with E-state index in [0.29, 0.717) is 32.5 Å². The Morgan fingerprint density at radius 2 is 1.57 bits per heavy atom. The van der Waals surface area contributed by atoms with Gasteiger partial charge in [-0.2, -0.15) is 0 Å². The predicted octanol–water partition coefficient (Wildman–Crippen LogP) is 1.68. The summed E-state index contributed by atoms with van der Waals surface area (Å²) in [6, 6.07) is 8.11. The number of ether oxygens (including phenoxy) is 1. The third-order valence-electron chi connectivity index (χ3n) is 6.26. The molecule has 2 heterocycles. The van der Waals surface area contributed by atoms with Crippen molar-refractivity contribution in [3.8, 4) is 5.75 Å². The molecule has 0 aromatic heterocycles. The van der Waals surface area contributed by atoms with Crippen molar-refractivity contribution in [2.75, 3.05) is 39.3 Å². The van der Waals surface area contributed by atoms with Crippen LogP contribution < -0.4 is 4.74 Å². The van der Waals surface area contributed by atoms with Gasteiger partial charge in [-0.1, -0.05) is 24.3 Å². The molecular weight excluding hydrogens is 382 g/mol. The van der Waals surface area contributed by atoms with Crippen LogP contribution in [0.4, 0.5) is 0 Å². The van der Waals surface area contributed by atoms with Gasteiger partial charge in [0.15, 0.2) is 0 Å². The molecule has 0 bridgehead atoms. The number of carbonyl (C=O) groups excluding carboxylic acids is 3. The van der Waals surface area contributed by atoms with E-state index in [9.17, 15) is 14.4 Å². The molecule has 2 atom stereocenters. The predicted molar refractivity (Wildman–Crippen MR) is 112 cm³/mol. The first-order valence-corrected chi connectivity index (χ1v) is 10.8. The molecule has 4 rings (SSSR count). The first kappa shape index (κ1) is 20.6. The maximum absolute atomic E-state index is 12.7. The van der Waals surface area contributed by atoms with Gasteiger partial charge in [0.1, 0.15) is 12.3 Å². The number of allylic oxidation sites excluding steroid dienone is 2. The van der Waals surface area contributed by atoms with E-state index in [1.54, 1.807) is 4.90 Å². The first-order chi connectivity index (χ1) is 14.6. The molecule has 160 valence electrons. The molecule has 3 amide bonds. The quantitative estimate of drug-likeness (QED) is 0.526. The van der Waals surface area contributed by atoms with Crippen molar-refractivity contribution in [3.05, 3.63) is 42.0 Å². The van der Waals surface area contributed by atoms with Crippen molar-refractivity contribution in [2.24, 2.45) is 11.8 Å². The van der Waals surface area contributed by atoms with E-state index in [2.05, 4.69) is 17.0 Å². The largest absolute Gasteiger partial charge is 0.494 e. The topological polar surface area (TPSA) is 70.2 Å². The summed E-state index contributed by atoms with van der Waals surface area (Å²) in [7, 11) is 0. The van der Waals surface area contributed by atoms with E-state index in [1.165, 1.54) is 10.5 Å². The molecule has 2 unspecified atom stereocenters. The van der Waals surface area contributed by atoms with Crippen LogP contribution in [0.3, 0.4) is 0 Å². The summed E-state index contributed by atoms with van der Waals surface area (Å²) < 4.78 is 5.48. The van der Waals surface area contributed by atoms with Crippen LogP contribution in [-0.4, -0.2) is 71.8 Å². The molecule has 0 saturated carbocycles. The van der Waals surface area contributed by atoms with E-state index >= 15 is 0 Å². The summed E-state index contributed by atoms with van der Waals surface area (Å²) in [6.45, 7) is 6.10. The summed E-state index contributed by atoms with van der Waals surface area (Å²) >= 11 is 0. The van der Waals surface area contributed by atoms with E-state index in [4.69, 9.17) is 4.74 Å². The highest BCUT2D eigenvalue weighted by molar-refractivity contribution is 6.07. The van der Waals surface area contributed by atoms with Crippen molar-refractivity contribution in [3.63, 3.8) is 0 Å². The number of hydrogen-bond acceptors (Lipinski definition) is 5. The standard InChI is InChI=1S/C23H29N3O4/c1-2-30-18-9-7-17(8-10-18)15-24-11-13-25(14-12-24)21(27)16-26-22(28)19-5-3-4-6-20(19)23(26)29/h3-4,7-10,19-20H,2,5-6,11-16H2,1H3. The number of piperazine rings is 1. The van der Waals surface area contributed by atoms with Crippen molar-refractivity contribution in [1.82, 2.24) is 14.7 Å². The normalized spacial score (nSPS) is 24.3. The summed E-state index contributed by atoms with van der Waals surface area (Å²) in [4.78, 5) is 43.2. The Labute approximate surface area is 177 Å². The van der Waals surface area contributed by atoms with Crippen molar-refractivity contribution in [2.45, 2.75) is 26.3 Å². The van der Waals surface area contributed by atoms with Gasteiger partial charge in [-0.25, -0.2) is 0 Å². The SMILES string of the molecule is CCOc1ccc(CN2CCN(C(=O)CN3C(=O)C4CC=CCC4C3=O)CC2)cc1. The minimum Gasteiger partial charge on any atom is -0.494 e. The van der Waals surface area contributed by atoms with Crippen LogP contribution in [0.25, 0.3) is 0 Å². The Hall–Kier alpha value is -2.67. The van der Waals surface area contributed by atoms with E-state index in [0.717, 1.165) is 25.4 Å². The van der Waals surface area contributed by atoms with Gasteiger partial charge < -0.3 is 9.64 Å². The van der Waals surface area contributed by atoms with Crippen LogP contribution in [0.5, 0.6) is 5.75 Å². The van der Waals surface area contributed by atoms with Crippen LogP contribution in [0, 0.1) is 11.8 Å². The van der Waals surface area contributed by atoms with Crippen molar-refractivity contribution >= 4 is 17.7 Å². The van der Waals surface area contributed by atoms with Gasteiger partial charge in [-0.05, 0) is 37.5 Å². The average Bonchev–Trinajstić information content (AvgIpc) is 3.01. The van der Waals surface area contributed by atoms with E-state index in [1.807, 2.05) is 31.2 Å². The summed E-state index contributed by atoms with van der Waals surface area (Å²) in [5.41, 5.74) is 1.21. The molecule has 2 fully saturated rings. The van der Waals surface area contributed by atoms with Crippen LogP contribution >= 0.6 is 0 Å². The lowest BCUT2D eigenvalue weighted by Crippen LogP contribution is -2.51. The number of imide groups is 1. The second-order valence-electron chi connectivity index (χ2n) is 8.15. The fourth-order valence-corrected chi connectivity index (χ4v) is 4.53. The van der Waals surface area contributed by atoms with Crippen molar-refractivity contribution < 1.29 is 19.1 Å². The maximum atomic E-state index is 12.7. The molecule has 0 N–H and O–H groups in total. The van der Waals surface area contributed by atoms with E-state index < -0.39 is 0 Å². The molecule has 3 aliphatic rings. The van der Waals surface area contributed by atoms with E-state index in [-0.39, 0.29) is 36.1 Å². The molecule has 2 aliphatic heterocycles. The highest BCUT2D eigenvalue weighted by atomic mass is 16.5. The van der Waals surface area contributed by atoms with Gasteiger partial charge in [0, 0.05) is 32.7 Å². The zero-order valence-electron chi connectivity index (χ0n) is 17.5. The molecule has 7 nitrogen and oxygen atoms in total. The van der Waals surface area contributed by atoms with Gasteiger partial charge in [0.05, 0.1) is 18.4 Å². The molecule has 2 saturated heterocycles. The Morgan fingerprint density at radius 3 is 2.13 bits per heavy atom. The fraction of sp³-hybridized carbons (Fsp3) is 0.522. The third-order valence-corrected chi connectivity index (χ3v) is 6.26. The minimum atomic E-state index is -0.277. The summed E-state index contributed by atoms with van der Waals surface area (Å²) in [5, 5.41) is 0. The van der Waals surface area contributed by atoms with Gasteiger partial charge in [-0.3, -0.25) is 24.2 Å². The molecular formula is C23H29N3O4. The summed E-state index contributed by atoms with van der Waals surface area (Å²) in [5.74, 6) is -0.182. The number of hydrogen-bond donors (Lipinski definition) is 0. The third kappa shape index (κ3) is 4.26. The lowest BCUT2D eigenvalue weighted by Gasteiger charge is -2.35. The Bertz CT molecular complexity index is 801. The van der Waals surface area contributed by atoms with Crippen LogP contribution in [-0.2, 0) is 20.9 Å². The zero-order chi connectivity index (χ0) is 21.1. The number of likely N-dealkylation sites (tertiary alicyclic amines) is 1. The smallest absolute Gasteiger partial charge is 0.242 e. The zero-order valence-corrected chi connectivity index (χ0v) is 17.5. The highest BCUT2D eigenvalue weighted by Gasteiger charge is 2.47. The Balaban J connectivity index is 1.26. The van der Waals surface area contributed by atoms with Gasteiger partial charge in [0.2, 0.25) is 17.7 Å². The molecule has 1 aliphatic carbocycles. The van der Waals surface area contributed by atoms with Gasteiger partial charge >= 0.3 is 0 Å². The Kier molecular flexibility index (Phi) is 6.18. The number of carbonyl (C=O) groups is 3. The second kappa shape index (κ2) is 9.00. The highest BCUT2D eigenvalue weighted by Crippen LogP contribution is 2.34. The minimum absolute atomic E-state index is 0.121. The lowest BCUT2D eigenvalue weighted by atomic mass is 9.85. The van der Waals surface area contributed by atoms with Gasteiger partial charge in [-0.15, -0.1) is 0 Å². The lowest BCUT2D eigenvalue weighted by molar-refractivity contribution is -0.147. The van der Waals surface area contributed by atoms with Crippen LogP contribution in [0.15, 0.2) is 36.4 Å². The number of nitrogens with zero attached hydrogens (tertiary/aromatic N) is 3. The monoisotopic (exact) mass is 411 g/mol. The van der Waals surface area contributed by atoms with Crippen LogP contribution in [0.1, 0.15) is 25.3 Å². The molecule has 1 aromatic carbocycles. The Morgan fingerprint density at radius 1 is 0.967 bits per heavy atom. The second-order valence-corrected chi connectivity index (χ2v) is 8.15. The molecule has 7 heteroatoms. The molecule has 0 spiro atoms. The number of rotatable bonds is 6. The maximum Gasteiger partial charge on any atom is 0.242 e. The fourth-order valence-electron chi connectivity index (χ4n) is 4.53. The average molecular weight is 412 g/mol.